The number of nitrogens with zero attached hydrogens (tertiary/aromatic N) is 3. The number of hydrogen-bond donors (Lipinski definition) is 2. The van der Waals surface area contributed by atoms with Gasteiger partial charge in [-0.15, -0.1) is 0 Å². The van der Waals surface area contributed by atoms with Crippen LogP contribution in [0, 0.1) is 0 Å². The first-order valence-corrected chi connectivity index (χ1v) is 10.1. The molecule has 3 aromatic rings. The molecule has 0 aliphatic carbocycles. The summed E-state index contributed by atoms with van der Waals surface area (Å²) in [6.07, 6.45) is 2.43. The van der Waals surface area contributed by atoms with Crippen molar-refractivity contribution in [2.75, 3.05) is 22.9 Å². The summed E-state index contributed by atoms with van der Waals surface area (Å²) in [6, 6.07) is 9.75. The Kier molecular flexibility index (Phi) is 7.50. The van der Waals surface area contributed by atoms with E-state index in [4.69, 9.17) is 10.5 Å². The number of pyridine rings is 1. The Morgan fingerprint density at radius 2 is 1.94 bits per heavy atom. The van der Waals surface area contributed by atoms with Crippen LogP contribution < -0.4 is 15.2 Å². The van der Waals surface area contributed by atoms with Gasteiger partial charge in [-0.3, -0.25) is 0 Å². The van der Waals surface area contributed by atoms with Gasteiger partial charge in [0.15, 0.2) is 6.67 Å². The van der Waals surface area contributed by atoms with Crippen molar-refractivity contribution >= 4 is 23.6 Å². The predicted octanol–water partition coefficient (Wildman–Crippen LogP) is 5.44. The maximum absolute atomic E-state index is 13.5. The number of nitrogens with two attached hydrogens (primary N) is 1. The second-order valence-electron chi connectivity index (χ2n) is 6.40. The molecule has 0 aliphatic heterocycles. The number of nitrogens with one attached hydrogen (secondary N) is 1. The van der Waals surface area contributed by atoms with E-state index in [1.165, 1.54) is 12.3 Å². The highest BCUT2D eigenvalue weighted by atomic mass is 32.2. The van der Waals surface area contributed by atoms with Gasteiger partial charge in [0.2, 0.25) is 11.8 Å². The Balaban J connectivity index is 1.72. The Bertz CT molecular complexity index is 1020. The van der Waals surface area contributed by atoms with E-state index in [-0.39, 0.29) is 23.1 Å². The predicted molar refractivity (Wildman–Crippen MR) is 113 cm³/mol. The van der Waals surface area contributed by atoms with Crippen molar-refractivity contribution < 1.29 is 22.3 Å². The summed E-state index contributed by atoms with van der Waals surface area (Å²) in [6.45, 7) is -2.51. The molecule has 2 aromatic heterocycles. The minimum Gasteiger partial charge on any atom is -0.438 e. The topological polar surface area (TPSA) is 86.0 Å². The fourth-order valence-electron chi connectivity index (χ4n) is 2.54. The molecular weight excluding hydrogens is 434 g/mol. The molecule has 3 N–H and O–H groups in total. The molecule has 0 amide bonds. The van der Waals surface area contributed by atoms with Gasteiger partial charge < -0.3 is 15.2 Å². The highest BCUT2D eigenvalue weighted by molar-refractivity contribution is 8.00. The molecule has 0 radical (unpaired) electrons. The van der Waals surface area contributed by atoms with Gasteiger partial charge in [-0.25, -0.2) is 32.5 Å². The summed E-state index contributed by atoms with van der Waals surface area (Å²) < 4.78 is 60.2. The zero-order valence-electron chi connectivity index (χ0n) is 16.2. The Hall–Kier alpha value is -3.08. The normalized spacial score (nSPS) is 11.4. The fourth-order valence-corrected chi connectivity index (χ4v) is 3.40. The molecule has 0 atom stereocenters. The molecule has 0 unspecified atom stereocenters. The molecule has 0 aliphatic rings. The number of halogens is 4. The van der Waals surface area contributed by atoms with Gasteiger partial charge in [-0.05, 0) is 36.4 Å². The lowest BCUT2D eigenvalue weighted by molar-refractivity contribution is -0.0244. The average molecular weight is 453 g/mol. The average Bonchev–Trinajstić information content (AvgIpc) is 2.77. The Labute approximate surface area is 180 Å². The first-order valence-electron chi connectivity index (χ1n) is 9.14. The maximum Gasteiger partial charge on any atom is 0.276 e. The SMILES string of the molecule is Nc1nccc(-c2cccnc2Oc2ccc(NSCCC(F)(F)CF)c(CF)c2)n1. The van der Waals surface area contributed by atoms with Gasteiger partial charge in [0.1, 0.15) is 12.4 Å². The van der Waals surface area contributed by atoms with Gasteiger partial charge in [0.25, 0.3) is 5.92 Å². The molecule has 2 heterocycles. The monoisotopic (exact) mass is 453 g/mol. The van der Waals surface area contributed by atoms with Crippen LogP contribution in [0.15, 0.2) is 48.8 Å². The lowest BCUT2D eigenvalue weighted by atomic mass is 10.2. The van der Waals surface area contributed by atoms with E-state index in [0.717, 1.165) is 11.9 Å². The molecule has 0 bridgehead atoms. The molecule has 0 spiro atoms. The Morgan fingerprint density at radius 1 is 1.10 bits per heavy atom. The number of benzene rings is 1. The first kappa shape index (κ1) is 22.6. The number of hydrogen-bond acceptors (Lipinski definition) is 7. The minimum atomic E-state index is -3.36. The summed E-state index contributed by atoms with van der Waals surface area (Å²) in [5.74, 6) is -2.73. The van der Waals surface area contributed by atoms with Crippen molar-refractivity contribution in [3.8, 4) is 22.9 Å². The number of rotatable bonds is 10. The van der Waals surface area contributed by atoms with Gasteiger partial charge in [-0.2, -0.15) is 0 Å². The summed E-state index contributed by atoms with van der Waals surface area (Å²) in [7, 11) is 0. The number of ether oxygens (including phenoxy) is 1. The van der Waals surface area contributed by atoms with Crippen molar-refractivity contribution in [2.45, 2.75) is 19.0 Å². The van der Waals surface area contributed by atoms with Crippen molar-refractivity contribution in [1.29, 1.82) is 0 Å². The van der Waals surface area contributed by atoms with E-state index in [9.17, 15) is 17.6 Å². The number of nitrogen functional groups attached to an aromatic ring is 1. The van der Waals surface area contributed by atoms with E-state index < -0.39 is 25.7 Å². The summed E-state index contributed by atoms with van der Waals surface area (Å²) in [4.78, 5) is 12.2. The zero-order chi connectivity index (χ0) is 22.3. The second-order valence-corrected chi connectivity index (χ2v) is 7.30. The van der Waals surface area contributed by atoms with E-state index in [1.807, 2.05) is 0 Å². The second kappa shape index (κ2) is 10.3. The lowest BCUT2D eigenvalue weighted by Crippen LogP contribution is -2.19. The minimum absolute atomic E-state index is 0.0414. The standard InChI is InChI=1S/C20H19F4N5OS/c21-11-13-10-14(3-4-16(13)29-31-9-6-20(23,24)12-22)30-18-15(2-1-7-26-18)17-5-8-27-19(25)28-17/h1-5,7-8,10,29H,6,9,11-12H2,(H2,25,27,28). The molecule has 1 aromatic carbocycles. The third-order valence-electron chi connectivity index (χ3n) is 4.10. The summed E-state index contributed by atoms with van der Waals surface area (Å²) >= 11 is 0.947. The van der Waals surface area contributed by atoms with Crippen LogP contribution in [0.5, 0.6) is 11.6 Å². The van der Waals surface area contributed by atoms with Crippen LogP contribution in [0.25, 0.3) is 11.3 Å². The third kappa shape index (κ3) is 6.20. The van der Waals surface area contributed by atoms with Crippen molar-refractivity contribution in [2.24, 2.45) is 0 Å². The summed E-state index contributed by atoms with van der Waals surface area (Å²) in [5.41, 5.74) is 7.41. The van der Waals surface area contributed by atoms with Crippen molar-refractivity contribution in [3.63, 3.8) is 0 Å². The number of alkyl halides is 4. The molecule has 0 saturated heterocycles. The summed E-state index contributed by atoms with van der Waals surface area (Å²) in [5, 5.41) is 0. The van der Waals surface area contributed by atoms with Crippen LogP contribution >= 0.6 is 11.9 Å². The number of aromatic nitrogens is 3. The smallest absolute Gasteiger partial charge is 0.276 e. The molecule has 0 fully saturated rings. The molecule has 0 saturated carbocycles. The lowest BCUT2D eigenvalue weighted by Gasteiger charge is -2.14. The molecule has 31 heavy (non-hydrogen) atoms. The van der Waals surface area contributed by atoms with Crippen molar-refractivity contribution in [1.82, 2.24) is 15.0 Å². The molecule has 3 rings (SSSR count). The molecule has 6 nitrogen and oxygen atoms in total. The van der Waals surface area contributed by atoms with Crippen LogP contribution in [0.3, 0.4) is 0 Å². The van der Waals surface area contributed by atoms with Gasteiger partial charge in [-0.1, -0.05) is 11.9 Å². The third-order valence-corrected chi connectivity index (χ3v) is 4.88. The van der Waals surface area contributed by atoms with E-state index in [0.29, 0.717) is 22.7 Å². The fraction of sp³-hybridized carbons (Fsp3) is 0.250. The molecular formula is C20H19F4N5OS. The maximum atomic E-state index is 13.5. The van der Waals surface area contributed by atoms with Crippen LogP contribution in [0.2, 0.25) is 0 Å². The Morgan fingerprint density at radius 3 is 2.68 bits per heavy atom. The van der Waals surface area contributed by atoms with Crippen LogP contribution in [-0.4, -0.2) is 33.3 Å². The quantitative estimate of drug-likeness (QED) is 0.240. The molecule has 11 heteroatoms. The highest BCUT2D eigenvalue weighted by Crippen LogP contribution is 2.33. The highest BCUT2D eigenvalue weighted by Gasteiger charge is 2.28. The van der Waals surface area contributed by atoms with Crippen LogP contribution in [0.1, 0.15) is 12.0 Å². The van der Waals surface area contributed by atoms with Crippen molar-refractivity contribution in [3.05, 3.63) is 54.4 Å². The van der Waals surface area contributed by atoms with Crippen LogP contribution in [0.4, 0.5) is 29.2 Å². The first-order chi connectivity index (χ1) is 14.9. The van der Waals surface area contributed by atoms with E-state index in [2.05, 4.69) is 19.7 Å². The van der Waals surface area contributed by atoms with Gasteiger partial charge in [0.05, 0.1) is 16.9 Å². The number of anilines is 2. The van der Waals surface area contributed by atoms with Gasteiger partial charge >= 0.3 is 0 Å². The van der Waals surface area contributed by atoms with E-state index in [1.54, 1.807) is 36.5 Å². The largest absolute Gasteiger partial charge is 0.438 e. The van der Waals surface area contributed by atoms with Gasteiger partial charge in [0, 0.05) is 30.1 Å². The molecule has 164 valence electrons. The van der Waals surface area contributed by atoms with Crippen LogP contribution in [-0.2, 0) is 6.67 Å². The zero-order valence-corrected chi connectivity index (χ0v) is 17.0. The van der Waals surface area contributed by atoms with E-state index >= 15 is 0 Å².